The Morgan fingerprint density at radius 3 is 2.68 bits per heavy atom. The van der Waals surface area contributed by atoms with Gasteiger partial charge in [0.2, 0.25) is 0 Å². The lowest BCUT2D eigenvalue weighted by atomic mass is 9.86. The molecular weight excluding hydrogens is 276 g/mol. The monoisotopic (exact) mass is 304 g/mol. The maximum atomic E-state index is 12.2. The van der Waals surface area contributed by atoms with E-state index in [-0.39, 0.29) is 18.1 Å². The van der Waals surface area contributed by atoms with Crippen molar-refractivity contribution in [1.29, 1.82) is 0 Å². The van der Waals surface area contributed by atoms with Crippen LogP contribution in [-0.2, 0) is 11.2 Å². The predicted molar refractivity (Wildman–Crippen MR) is 88.8 cm³/mol. The van der Waals surface area contributed by atoms with Gasteiger partial charge in [0.05, 0.1) is 0 Å². The molecule has 1 saturated heterocycles. The minimum Gasteiger partial charge on any atom is -0.444 e. The van der Waals surface area contributed by atoms with Crippen LogP contribution in [0.3, 0.4) is 0 Å². The molecule has 2 atom stereocenters. The molecule has 1 heterocycles. The molecule has 0 spiro atoms. The second kappa shape index (κ2) is 6.69. The molecule has 4 heteroatoms. The van der Waals surface area contributed by atoms with E-state index in [1.54, 1.807) is 4.90 Å². The standard InChI is InChI=1S/C18H28N2O2/c1-13-7-5-6-8-14(13)11-15-12-20(10-9-16(15)19)17(21)22-18(2,3)4/h5-8,15-16H,9-12,19H2,1-4H3/t15-,16+/m0/s1. The first-order chi connectivity index (χ1) is 10.3. The summed E-state index contributed by atoms with van der Waals surface area (Å²) in [5, 5.41) is 0. The summed E-state index contributed by atoms with van der Waals surface area (Å²) in [4.78, 5) is 14.1. The van der Waals surface area contributed by atoms with E-state index in [0.29, 0.717) is 13.1 Å². The van der Waals surface area contributed by atoms with Crippen LogP contribution in [0.5, 0.6) is 0 Å². The molecule has 1 aromatic carbocycles. The molecule has 22 heavy (non-hydrogen) atoms. The van der Waals surface area contributed by atoms with Gasteiger partial charge < -0.3 is 15.4 Å². The number of carbonyl (C=O) groups is 1. The highest BCUT2D eigenvalue weighted by Crippen LogP contribution is 2.23. The van der Waals surface area contributed by atoms with E-state index in [9.17, 15) is 4.79 Å². The van der Waals surface area contributed by atoms with Crippen LogP contribution in [0.1, 0.15) is 38.3 Å². The average molecular weight is 304 g/mol. The van der Waals surface area contributed by atoms with E-state index in [1.165, 1.54) is 11.1 Å². The van der Waals surface area contributed by atoms with E-state index in [0.717, 1.165) is 12.8 Å². The Hall–Kier alpha value is -1.55. The van der Waals surface area contributed by atoms with Crippen LogP contribution in [0.4, 0.5) is 4.79 Å². The van der Waals surface area contributed by atoms with E-state index in [2.05, 4.69) is 25.1 Å². The van der Waals surface area contributed by atoms with Gasteiger partial charge in [-0.15, -0.1) is 0 Å². The lowest BCUT2D eigenvalue weighted by Crippen LogP contribution is -2.51. The Kier molecular flexibility index (Phi) is 5.12. The number of ether oxygens (including phenoxy) is 1. The number of carbonyl (C=O) groups excluding carboxylic acids is 1. The van der Waals surface area contributed by atoms with Gasteiger partial charge in [0.1, 0.15) is 5.60 Å². The van der Waals surface area contributed by atoms with E-state index >= 15 is 0 Å². The van der Waals surface area contributed by atoms with Gasteiger partial charge in [-0.05, 0) is 57.6 Å². The molecule has 4 nitrogen and oxygen atoms in total. The van der Waals surface area contributed by atoms with Gasteiger partial charge in [-0.3, -0.25) is 0 Å². The number of aryl methyl sites for hydroxylation is 1. The zero-order valence-corrected chi connectivity index (χ0v) is 14.1. The van der Waals surface area contributed by atoms with Crippen molar-refractivity contribution < 1.29 is 9.53 Å². The lowest BCUT2D eigenvalue weighted by Gasteiger charge is -2.37. The van der Waals surface area contributed by atoms with Crippen LogP contribution >= 0.6 is 0 Å². The van der Waals surface area contributed by atoms with Gasteiger partial charge in [-0.2, -0.15) is 0 Å². The van der Waals surface area contributed by atoms with Crippen molar-refractivity contribution >= 4 is 6.09 Å². The minimum atomic E-state index is -0.456. The summed E-state index contributed by atoms with van der Waals surface area (Å²) in [5.74, 6) is 0.280. The van der Waals surface area contributed by atoms with Crippen molar-refractivity contribution in [3.8, 4) is 0 Å². The Morgan fingerprint density at radius 1 is 1.36 bits per heavy atom. The molecule has 1 aliphatic rings. The zero-order chi connectivity index (χ0) is 16.3. The highest BCUT2D eigenvalue weighted by atomic mass is 16.6. The fourth-order valence-corrected chi connectivity index (χ4v) is 2.88. The topological polar surface area (TPSA) is 55.6 Å². The molecule has 1 amide bonds. The first kappa shape index (κ1) is 16.8. The molecule has 2 rings (SSSR count). The normalized spacial score (nSPS) is 22.5. The van der Waals surface area contributed by atoms with Gasteiger partial charge in [-0.25, -0.2) is 4.79 Å². The second-order valence-corrected chi connectivity index (χ2v) is 7.27. The SMILES string of the molecule is Cc1ccccc1C[C@H]1CN(C(=O)OC(C)(C)C)CC[C@H]1N. The molecule has 0 radical (unpaired) electrons. The first-order valence-electron chi connectivity index (χ1n) is 8.04. The highest BCUT2D eigenvalue weighted by Gasteiger charge is 2.31. The number of nitrogens with zero attached hydrogens (tertiary/aromatic N) is 1. The number of hydrogen-bond acceptors (Lipinski definition) is 3. The van der Waals surface area contributed by atoms with Crippen LogP contribution in [0.2, 0.25) is 0 Å². The van der Waals surface area contributed by atoms with Crippen molar-refractivity contribution in [2.75, 3.05) is 13.1 Å². The van der Waals surface area contributed by atoms with Gasteiger partial charge in [0, 0.05) is 19.1 Å². The van der Waals surface area contributed by atoms with Crippen LogP contribution < -0.4 is 5.73 Å². The molecule has 1 fully saturated rings. The smallest absolute Gasteiger partial charge is 0.410 e. The van der Waals surface area contributed by atoms with Gasteiger partial charge in [0.25, 0.3) is 0 Å². The maximum absolute atomic E-state index is 12.2. The number of likely N-dealkylation sites (tertiary alicyclic amines) is 1. The van der Waals surface area contributed by atoms with Crippen molar-refractivity contribution in [3.63, 3.8) is 0 Å². The molecule has 2 N–H and O–H groups in total. The molecular formula is C18H28N2O2. The fraction of sp³-hybridized carbons (Fsp3) is 0.611. The summed E-state index contributed by atoms with van der Waals surface area (Å²) >= 11 is 0. The van der Waals surface area contributed by atoms with E-state index in [4.69, 9.17) is 10.5 Å². The van der Waals surface area contributed by atoms with Crippen LogP contribution in [0.25, 0.3) is 0 Å². The number of piperidine rings is 1. The summed E-state index contributed by atoms with van der Waals surface area (Å²) in [7, 11) is 0. The van der Waals surface area contributed by atoms with Crippen LogP contribution in [-0.4, -0.2) is 35.7 Å². The summed E-state index contributed by atoms with van der Waals surface area (Å²) in [6, 6.07) is 8.51. The maximum Gasteiger partial charge on any atom is 0.410 e. The molecule has 0 bridgehead atoms. The summed E-state index contributed by atoms with van der Waals surface area (Å²) in [6.07, 6.45) is 1.51. The van der Waals surface area contributed by atoms with E-state index in [1.807, 2.05) is 26.8 Å². The van der Waals surface area contributed by atoms with Crippen LogP contribution in [0, 0.1) is 12.8 Å². The molecule has 0 aromatic heterocycles. The Morgan fingerprint density at radius 2 is 2.05 bits per heavy atom. The largest absolute Gasteiger partial charge is 0.444 e. The third-order valence-electron chi connectivity index (χ3n) is 4.19. The summed E-state index contributed by atoms with van der Waals surface area (Å²) < 4.78 is 5.48. The van der Waals surface area contributed by atoms with Gasteiger partial charge in [-0.1, -0.05) is 24.3 Å². The van der Waals surface area contributed by atoms with Crippen molar-refractivity contribution in [1.82, 2.24) is 4.90 Å². The number of hydrogen-bond donors (Lipinski definition) is 1. The summed E-state index contributed by atoms with van der Waals surface area (Å²) in [5.41, 5.74) is 8.43. The van der Waals surface area contributed by atoms with Gasteiger partial charge >= 0.3 is 6.09 Å². The molecule has 0 saturated carbocycles. The molecule has 1 aliphatic heterocycles. The molecule has 0 unspecified atom stereocenters. The van der Waals surface area contributed by atoms with Gasteiger partial charge in [0.15, 0.2) is 0 Å². The summed E-state index contributed by atoms with van der Waals surface area (Å²) in [6.45, 7) is 9.16. The minimum absolute atomic E-state index is 0.137. The lowest BCUT2D eigenvalue weighted by molar-refractivity contribution is 0.0148. The Balaban J connectivity index is 2.02. The first-order valence-corrected chi connectivity index (χ1v) is 8.04. The zero-order valence-electron chi connectivity index (χ0n) is 14.1. The molecule has 1 aromatic rings. The van der Waals surface area contributed by atoms with Crippen molar-refractivity contribution in [2.24, 2.45) is 11.7 Å². The highest BCUT2D eigenvalue weighted by molar-refractivity contribution is 5.68. The van der Waals surface area contributed by atoms with Crippen molar-refractivity contribution in [2.45, 2.75) is 52.2 Å². The molecule has 0 aliphatic carbocycles. The number of rotatable bonds is 2. The number of benzene rings is 1. The number of amides is 1. The fourth-order valence-electron chi connectivity index (χ4n) is 2.88. The predicted octanol–water partition coefficient (Wildman–Crippen LogP) is 3.12. The second-order valence-electron chi connectivity index (χ2n) is 7.27. The van der Waals surface area contributed by atoms with E-state index < -0.39 is 5.60 Å². The number of nitrogens with two attached hydrogens (primary N) is 1. The third-order valence-corrected chi connectivity index (χ3v) is 4.19. The molecule has 122 valence electrons. The average Bonchev–Trinajstić information content (AvgIpc) is 2.41. The Labute approximate surface area is 133 Å². The van der Waals surface area contributed by atoms with Crippen molar-refractivity contribution in [3.05, 3.63) is 35.4 Å². The Bertz CT molecular complexity index is 522. The third kappa shape index (κ3) is 4.47. The van der Waals surface area contributed by atoms with Crippen LogP contribution in [0.15, 0.2) is 24.3 Å². The quantitative estimate of drug-likeness (QED) is 0.913.